The Labute approximate surface area is 179 Å². The number of morpholine rings is 1. The number of carbonyl (C=O) groups excluding carboxylic acids is 1. The summed E-state index contributed by atoms with van der Waals surface area (Å²) in [6.07, 6.45) is 2.77. The Bertz CT molecular complexity index is 1070. The molecule has 3 aromatic heterocycles. The van der Waals surface area contributed by atoms with Gasteiger partial charge in [0.2, 0.25) is 5.95 Å². The van der Waals surface area contributed by atoms with Crippen molar-refractivity contribution in [3.8, 4) is 0 Å². The van der Waals surface area contributed by atoms with E-state index in [2.05, 4.69) is 25.9 Å². The van der Waals surface area contributed by atoms with E-state index >= 15 is 0 Å². The predicted octanol–water partition coefficient (Wildman–Crippen LogP) is 3.17. The van der Waals surface area contributed by atoms with E-state index in [-0.39, 0.29) is 11.8 Å². The van der Waals surface area contributed by atoms with E-state index in [1.54, 1.807) is 6.20 Å². The van der Waals surface area contributed by atoms with Crippen LogP contribution in [0, 0.1) is 13.8 Å². The highest BCUT2D eigenvalue weighted by Crippen LogP contribution is 2.40. The molecule has 1 amide bonds. The average molecular weight is 424 g/mol. The lowest BCUT2D eigenvalue weighted by Crippen LogP contribution is -2.40. The van der Waals surface area contributed by atoms with Gasteiger partial charge in [-0.25, -0.2) is 15.0 Å². The number of anilines is 1. The minimum absolute atomic E-state index is 0.109. The van der Waals surface area contributed by atoms with Crippen molar-refractivity contribution in [1.29, 1.82) is 0 Å². The summed E-state index contributed by atoms with van der Waals surface area (Å²) in [7, 11) is 0. The summed E-state index contributed by atoms with van der Waals surface area (Å²) in [4.78, 5) is 33.2. The number of nitrogens with zero attached hydrogens (tertiary/aromatic N) is 5. The Hall–Kier alpha value is -2.58. The van der Waals surface area contributed by atoms with Crippen LogP contribution in [-0.2, 0) is 4.74 Å². The van der Waals surface area contributed by atoms with Crippen molar-refractivity contribution < 1.29 is 9.53 Å². The van der Waals surface area contributed by atoms with Crippen LogP contribution in [-0.4, -0.2) is 65.2 Å². The highest BCUT2D eigenvalue weighted by Gasteiger charge is 2.33. The van der Waals surface area contributed by atoms with E-state index in [1.807, 2.05) is 30.9 Å². The Kier molecular flexibility index (Phi) is 5.12. The molecule has 0 saturated carbocycles. The summed E-state index contributed by atoms with van der Waals surface area (Å²) in [5, 5.41) is 1.10. The van der Waals surface area contributed by atoms with Crippen molar-refractivity contribution >= 4 is 33.4 Å². The van der Waals surface area contributed by atoms with Gasteiger partial charge in [-0.1, -0.05) is 6.07 Å². The van der Waals surface area contributed by atoms with Crippen LogP contribution in [0.15, 0.2) is 24.4 Å². The van der Waals surface area contributed by atoms with E-state index in [0.29, 0.717) is 26.3 Å². The monoisotopic (exact) mass is 423 g/mol. The molecule has 0 bridgehead atoms. The fourth-order valence-electron chi connectivity index (χ4n) is 4.45. The van der Waals surface area contributed by atoms with Crippen LogP contribution in [0.25, 0.3) is 10.2 Å². The van der Waals surface area contributed by atoms with Gasteiger partial charge in [-0.2, -0.15) is 0 Å². The van der Waals surface area contributed by atoms with E-state index < -0.39 is 0 Å². The van der Waals surface area contributed by atoms with Crippen molar-refractivity contribution in [2.45, 2.75) is 26.2 Å². The molecule has 0 spiro atoms. The summed E-state index contributed by atoms with van der Waals surface area (Å²) < 4.78 is 5.43. The third-order valence-corrected chi connectivity index (χ3v) is 6.96. The summed E-state index contributed by atoms with van der Waals surface area (Å²) in [6, 6.07) is 6.05. The molecule has 3 aromatic rings. The molecule has 30 heavy (non-hydrogen) atoms. The highest BCUT2D eigenvalue weighted by atomic mass is 32.1. The van der Waals surface area contributed by atoms with Gasteiger partial charge in [0.15, 0.2) is 0 Å². The topological polar surface area (TPSA) is 71.5 Å². The first-order valence-corrected chi connectivity index (χ1v) is 11.2. The molecule has 1 atom stereocenters. The highest BCUT2D eigenvalue weighted by molar-refractivity contribution is 7.20. The first-order chi connectivity index (χ1) is 14.6. The van der Waals surface area contributed by atoms with E-state index in [0.717, 1.165) is 57.5 Å². The molecular weight excluding hydrogens is 398 g/mol. The number of aryl methyl sites for hydroxylation is 2. The summed E-state index contributed by atoms with van der Waals surface area (Å²) in [6.45, 7) is 8.20. The first-order valence-electron chi connectivity index (χ1n) is 10.4. The van der Waals surface area contributed by atoms with Crippen LogP contribution < -0.4 is 4.90 Å². The van der Waals surface area contributed by atoms with Gasteiger partial charge in [-0.3, -0.25) is 4.79 Å². The number of ether oxygens (including phenoxy) is 1. The number of thiophene rings is 1. The quantitative estimate of drug-likeness (QED) is 0.644. The number of fused-ring (bicyclic) bond motifs is 1. The number of pyridine rings is 1. The molecule has 0 aliphatic carbocycles. The lowest BCUT2D eigenvalue weighted by molar-refractivity contribution is 0.0305. The summed E-state index contributed by atoms with van der Waals surface area (Å²) in [5.41, 5.74) is 3.11. The van der Waals surface area contributed by atoms with Crippen molar-refractivity contribution in [3.63, 3.8) is 0 Å². The van der Waals surface area contributed by atoms with Crippen LogP contribution in [0.3, 0.4) is 0 Å². The maximum absolute atomic E-state index is 13.4. The molecule has 2 fully saturated rings. The molecule has 156 valence electrons. The first kappa shape index (κ1) is 19.4. The Morgan fingerprint density at radius 3 is 2.70 bits per heavy atom. The number of aromatic nitrogens is 3. The van der Waals surface area contributed by atoms with Gasteiger partial charge in [0.05, 0.1) is 18.1 Å². The normalized spacial score (nSPS) is 19.6. The Morgan fingerprint density at radius 1 is 1.17 bits per heavy atom. The third-order valence-electron chi connectivity index (χ3n) is 5.85. The molecule has 0 aromatic carbocycles. The van der Waals surface area contributed by atoms with E-state index in [9.17, 15) is 4.79 Å². The minimum Gasteiger partial charge on any atom is -0.378 e. The second-order valence-corrected chi connectivity index (χ2v) is 8.99. The lowest BCUT2D eigenvalue weighted by Gasteiger charge is -2.27. The lowest BCUT2D eigenvalue weighted by atomic mass is 9.95. The largest absolute Gasteiger partial charge is 0.378 e. The minimum atomic E-state index is 0.109. The van der Waals surface area contributed by atoms with Crippen LogP contribution in [0.4, 0.5) is 5.95 Å². The second kappa shape index (κ2) is 7.92. The van der Waals surface area contributed by atoms with Gasteiger partial charge in [0.25, 0.3) is 5.91 Å². The fraction of sp³-hybridized carbons (Fsp3) is 0.455. The maximum atomic E-state index is 13.4. The molecule has 2 saturated heterocycles. The van der Waals surface area contributed by atoms with Crippen LogP contribution in [0.5, 0.6) is 0 Å². The van der Waals surface area contributed by atoms with Gasteiger partial charge in [0.1, 0.15) is 4.83 Å². The van der Waals surface area contributed by atoms with Gasteiger partial charge >= 0.3 is 0 Å². The smallest absolute Gasteiger partial charge is 0.264 e. The zero-order valence-corrected chi connectivity index (χ0v) is 18.1. The standard InChI is InChI=1S/C22H25N5O2S/c1-14-12-15(2)25-22(24-14)27-7-5-16(13-27)18-17-4-3-6-23-20(17)30-19(18)21(28)26-8-10-29-11-9-26/h3-4,6,12,16H,5,7-11,13H2,1-2H3/t16-/m0/s1. The summed E-state index contributed by atoms with van der Waals surface area (Å²) in [5.74, 6) is 1.15. The summed E-state index contributed by atoms with van der Waals surface area (Å²) >= 11 is 1.52. The van der Waals surface area contributed by atoms with Crippen LogP contribution in [0.1, 0.15) is 39.0 Å². The maximum Gasteiger partial charge on any atom is 0.264 e. The molecule has 0 N–H and O–H groups in total. The van der Waals surface area contributed by atoms with Crippen LogP contribution >= 0.6 is 11.3 Å². The molecule has 5 rings (SSSR count). The van der Waals surface area contributed by atoms with E-state index in [4.69, 9.17) is 4.74 Å². The van der Waals surface area contributed by atoms with Gasteiger partial charge in [-0.15, -0.1) is 11.3 Å². The molecule has 0 radical (unpaired) electrons. The molecule has 2 aliphatic rings. The Morgan fingerprint density at radius 2 is 1.93 bits per heavy atom. The predicted molar refractivity (Wildman–Crippen MR) is 117 cm³/mol. The van der Waals surface area contributed by atoms with E-state index in [1.165, 1.54) is 11.3 Å². The number of carbonyl (C=O) groups is 1. The molecular formula is C22H25N5O2S. The van der Waals surface area contributed by atoms with Gasteiger partial charge < -0.3 is 14.5 Å². The second-order valence-electron chi connectivity index (χ2n) is 7.99. The zero-order valence-electron chi connectivity index (χ0n) is 17.3. The molecule has 0 unspecified atom stereocenters. The van der Waals surface area contributed by atoms with Crippen molar-refractivity contribution in [2.24, 2.45) is 0 Å². The number of hydrogen-bond acceptors (Lipinski definition) is 7. The SMILES string of the molecule is Cc1cc(C)nc(N2CC[C@H](c3c(C(=O)N4CCOCC4)sc4ncccc34)C2)n1. The zero-order chi connectivity index (χ0) is 20.7. The molecule has 2 aliphatic heterocycles. The molecule has 5 heterocycles. The van der Waals surface area contributed by atoms with Crippen LogP contribution in [0.2, 0.25) is 0 Å². The van der Waals surface area contributed by atoms with Crippen molar-refractivity contribution in [3.05, 3.63) is 46.2 Å². The number of amides is 1. The van der Waals surface area contributed by atoms with Crippen molar-refractivity contribution in [1.82, 2.24) is 19.9 Å². The third kappa shape index (κ3) is 3.54. The number of hydrogen-bond donors (Lipinski definition) is 0. The van der Waals surface area contributed by atoms with Gasteiger partial charge in [0, 0.05) is 55.1 Å². The van der Waals surface area contributed by atoms with Gasteiger partial charge in [-0.05, 0) is 38.0 Å². The fourth-order valence-corrected chi connectivity index (χ4v) is 5.65. The number of rotatable bonds is 3. The van der Waals surface area contributed by atoms with Crippen molar-refractivity contribution in [2.75, 3.05) is 44.3 Å². The Balaban J connectivity index is 1.49. The average Bonchev–Trinajstić information content (AvgIpc) is 3.38. The molecule has 7 nitrogen and oxygen atoms in total. The molecule has 8 heteroatoms.